The van der Waals surface area contributed by atoms with Crippen LogP contribution in [0.3, 0.4) is 0 Å². The van der Waals surface area contributed by atoms with Crippen LogP contribution in [-0.2, 0) is 10.3 Å². The lowest BCUT2D eigenvalue weighted by Gasteiger charge is -1.95. The van der Waals surface area contributed by atoms with Gasteiger partial charge in [0.1, 0.15) is 4.99 Å². The van der Waals surface area contributed by atoms with E-state index in [2.05, 4.69) is 5.32 Å². The van der Waals surface area contributed by atoms with Crippen LogP contribution in [0.1, 0.15) is 0 Å². The number of hydrogen-bond acceptors (Lipinski definition) is 5. The van der Waals surface area contributed by atoms with Crippen LogP contribution in [-0.4, -0.2) is 29.6 Å². The Bertz CT molecular complexity index is 299. The minimum Gasteiger partial charge on any atom is -0.262 e. The average molecular weight is 196 g/mol. The maximum absolute atomic E-state index is 10.2. The maximum atomic E-state index is 10.2. The molecule has 0 spiro atoms. The van der Waals surface area contributed by atoms with Gasteiger partial charge in [0, 0.05) is 0 Å². The summed E-state index contributed by atoms with van der Waals surface area (Å²) in [6, 6.07) is 0. The molecular formula is C3H4N2O4S2. The normalized spacial score (nSPS) is 23.6. The minimum absolute atomic E-state index is 0.00306. The SMILES string of the molecule is O=[N+]([O-])C1NC(=S(=O)=O)CS1. The van der Waals surface area contributed by atoms with Crippen molar-refractivity contribution in [3.8, 4) is 0 Å². The number of hydrogen-bond donors (Lipinski definition) is 1. The summed E-state index contributed by atoms with van der Waals surface area (Å²) in [6.45, 7) is 0. The summed E-state index contributed by atoms with van der Waals surface area (Å²) in [4.78, 5) is 9.51. The summed E-state index contributed by atoms with van der Waals surface area (Å²) < 4.78 is 20.5. The quantitative estimate of drug-likeness (QED) is 0.325. The molecule has 0 aromatic heterocycles. The molecule has 1 heterocycles. The predicted molar refractivity (Wildman–Crippen MR) is 40.3 cm³/mol. The summed E-state index contributed by atoms with van der Waals surface area (Å²) in [5.74, 6) is 0.155. The Kier molecular flexibility index (Phi) is 2.47. The zero-order valence-electron chi connectivity index (χ0n) is 5.18. The molecular weight excluding hydrogens is 192 g/mol. The monoisotopic (exact) mass is 196 g/mol. The highest BCUT2D eigenvalue weighted by Gasteiger charge is 2.30. The molecule has 0 saturated carbocycles. The first-order valence-electron chi connectivity index (χ1n) is 2.58. The van der Waals surface area contributed by atoms with Crippen molar-refractivity contribution in [3.05, 3.63) is 10.1 Å². The van der Waals surface area contributed by atoms with Crippen LogP contribution in [0.25, 0.3) is 0 Å². The summed E-state index contributed by atoms with van der Waals surface area (Å²) in [6.07, 6.45) is 0. The molecule has 62 valence electrons. The third kappa shape index (κ3) is 1.91. The molecule has 0 aromatic carbocycles. The van der Waals surface area contributed by atoms with Crippen molar-refractivity contribution in [1.82, 2.24) is 5.32 Å². The second-order valence-electron chi connectivity index (χ2n) is 1.75. The zero-order chi connectivity index (χ0) is 8.43. The number of rotatable bonds is 1. The second kappa shape index (κ2) is 3.20. The van der Waals surface area contributed by atoms with E-state index in [-0.39, 0.29) is 10.7 Å². The van der Waals surface area contributed by atoms with E-state index in [0.29, 0.717) is 0 Å². The summed E-state index contributed by atoms with van der Waals surface area (Å²) >= 11 is 0.947. The van der Waals surface area contributed by atoms with E-state index >= 15 is 0 Å². The molecule has 1 N–H and O–H groups in total. The van der Waals surface area contributed by atoms with Gasteiger partial charge in [0.2, 0.25) is 10.3 Å². The van der Waals surface area contributed by atoms with Crippen molar-refractivity contribution < 1.29 is 13.3 Å². The fraction of sp³-hybridized carbons (Fsp3) is 0.667. The summed E-state index contributed by atoms with van der Waals surface area (Å²) in [7, 11) is -2.35. The van der Waals surface area contributed by atoms with E-state index in [0.717, 1.165) is 11.8 Å². The zero-order valence-corrected chi connectivity index (χ0v) is 6.81. The molecule has 8 heteroatoms. The van der Waals surface area contributed by atoms with Crippen LogP contribution in [0.4, 0.5) is 0 Å². The predicted octanol–water partition coefficient (Wildman–Crippen LogP) is -1.11. The van der Waals surface area contributed by atoms with E-state index in [1.54, 1.807) is 0 Å². The van der Waals surface area contributed by atoms with Gasteiger partial charge in [0.05, 0.1) is 10.7 Å². The Hall–Kier alpha value is -0.600. The fourth-order valence-corrected chi connectivity index (χ4v) is 2.20. The lowest BCUT2D eigenvalue weighted by atomic mass is 10.7. The van der Waals surface area contributed by atoms with Crippen LogP contribution in [0.2, 0.25) is 0 Å². The third-order valence-corrected chi connectivity index (χ3v) is 2.96. The van der Waals surface area contributed by atoms with Crippen LogP contribution in [0.5, 0.6) is 0 Å². The highest BCUT2D eigenvalue weighted by Crippen LogP contribution is 2.14. The standard InChI is InChI=1S/C3H4N2O4S2/c6-5(7)3-4-2(1-10-3)11(8)9/h3-4H,1H2. The molecule has 0 aliphatic carbocycles. The Morgan fingerprint density at radius 1 is 1.73 bits per heavy atom. The van der Waals surface area contributed by atoms with Crippen molar-refractivity contribution in [1.29, 1.82) is 0 Å². The van der Waals surface area contributed by atoms with Gasteiger partial charge in [-0.1, -0.05) is 11.8 Å². The van der Waals surface area contributed by atoms with Gasteiger partial charge in [0.15, 0.2) is 0 Å². The maximum Gasteiger partial charge on any atom is 0.317 e. The first-order valence-corrected chi connectivity index (χ1v) is 4.70. The van der Waals surface area contributed by atoms with Gasteiger partial charge in [-0.3, -0.25) is 10.1 Å². The molecule has 1 aliphatic heterocycles. The van der Waals surface area contributed by atoms with Gasteiger partial charge in [-0.25, -0.2) is 5.32 Å². The van der Waals surface area contributed by atoms with Gasteiger partial charge < -0.3 is 0 Å². The Morgan fingerprint density at radius 2 is 2.36 bits per heavy atom. The highest BCUT2D eigenvalue weighted by molar-refractivity contribution is 8.01. The summed E-state index contributed by atoms with van der Waals surface area (Å²) in [5, 5.41) is 12.3. The first-order chi connectivity index (χ1) is 5.11. The topological polar surface area (TPSA) is 89.3 Å². The Labute approximate surface area is 67.7 Å². The van der Waals surface area contributed by atoms with E-state index in [4.69, 9.17) is 0 Å². The molecule has 0 amide bonds. The van der Waals surface area contributed by atoms with E-state index in [1.165, 1.54) is 0 Å². The molecule has 0 radical (unpaired) electrons. The van der Waals surface area contributed by atoms with Crippen molar-refractivity contribution in [2.45, 2.75) is 5.50 Å². The van der Waals surface area contributed by atoms with Gasteiger partial charge >= 0.3 is 5.50 Å². The van der Waals surface area contributed by atoms with Crippen molar-refractivity contribution in [2.24, 2.45) is 0 Å². The van der Waals surface area contributed by atoms with Crippen molar-refractivity contribution in [3.63, 3.8) is 0 Å². The number of thioether (sulfide) groups is 1. The Balaban J connectivity index is 2.77. The fourth-order valence-electron chi connectivity index (χ4n) is 0.585. The second-order valence-corrected chi connectivity index (χ2v) is 3.78. The Morgan fingerprint density at radius 3 is 2.64 bits per heavy atom. The third-order valence-electron chi connectivity index (χ3n) is 1.05. The van der Waals surface area contributed by atoms with Gasteiger partial charge in [-0.15, -0.1) is 0 Å². The smallest absolute Gasteiger partial charge is 0.262 e. The summed E-state index contributed by atoms with van der Waals surface area (Å²) in [5.41, 5.74) is -1.01. The molecule has 1 saturated heterocycles. The highest BCUT2D eigenvalue weighted by atomic mass is 32.2. The van der Waals surface area contributed by atoms with Crippen molar-refractivity contribution in [2.75, 3.05) is 5.75 Å². The molecule has 1 rings (SSSR count). The molecule has 1 fully saturated rings. The first kappa shape index (κ1) is 8.50. The molecule has 1 unspecified atom stereocenters. The van der Waals surface area contributed by atoms with Crippen LogP contribution >= 0.6 is 11.8 Å². The van der Waals surface area contributed by atoms with E-state index in [9.17, 15) is 18.5 Å². The van der Waals surface area contributed by atoms with Gasteiger partial charge in [-0.2, -0.15) is 8.42 Å². The molecule has 11 heavy (non-hydrogen) atoms. The molecule has 6 nitrogen and oxygen atoms in total. The van der Waals surface area contributed by atoms with E-state index < -0.39 is 20.7 Å². The van der Waals surface area contributed by atoms with Crippen LogP contribution < -0.4 is 5.32 Å². The molecule has 1 atom stereocenters. The average Bonchev–Trinajstić information content (AvgIpc) is 2.33. The number of nitro groups is 1. The van der Waals surface area contributed by atoms with Crippen molar-refractivity contribution >= 4 is 27.0 Å². The van der Waals surface area contributed by atoms with Crippen LogP contribution in [0, 0.1) is 10.1 Å². The van der Waals surface area contributed by atoms with Crippen LogP contribution in [0.15, 0.2) is 0 Å². The lowest BCUT2D eigenvalue weighted by Crippen LogP contribution is -2.31. The van der Waals surface area contributed by atoms with Gasteiger partial charge in [0.25, 0.3) is 0 Å². The minimum atomic E-state index is -2.35. The number of nitrogens with zero attached hydrogens (tertiary/aromatic N) is 1. The molecule has 0 aromatic rings. The van der Waals surface area contributed by atoms with E-state index in [1.807, 2.05) is 0 Å². The lowest BCUT2D eigenvalue weighted by molar-refractivity contribution is -0.497. The largest absolute Gasteiger partial charge is 0.317 e. The number of nitrogens with one attached hydrogen (secondary N) is 1. The van der Waals surface area contributed by atoms with Gasteiger partial charge in [-0.05, 0) is 0 Å². The molecule has 1 aliphatic rings. The molecule has 0 bridgehead atoms.